The van der Waals surface area contributed by atoms with Crippen molar-refractivity contribution in [1.29, 1.82) is 0 Å². The highest BCUT2D eigenvalue weighted by Gasteiger charge is 2.96. The van der Waals surface area contributed by atoms with Gasteiger partial charge in [0, 0.05) is 0 Å². The molecule has 0 bridgehead atoms. The van der Waals surface area contributed by atoms with E-state index in [1.807, 2.05) is 0 Å². The van der Waals surface area contributed by atoms with Crippen molar-refractivity contribution in [3.63, 3.8) is 0 Å². The zero-order chi connectivity index (χ0) is 26.8. The van der Waals surface area contributed by atoms with Crippen LogP contribution in [-0.2, 0) is 0 Å². The first-order valence-electron chi connectivity index (χ1n) is 6.79. The van der Waals surface area contributed by atoms with Gasteiger partial charge in [0.25, 0.3) is 6.36 Å². The molecule has 0 aliphatic heterocycles. The zero-order valence-electron chi connectivity index (χ0n) is 13.8. The van der Waals surface area contributed by atoms with Crippen LogP contribution < -0.4 is 0 Å². The van der Waals surface area contributed by atoms with Gasteiger partial charge in [0.2, 0.25) is 0 Å². The molecule has 0 heterocycles. The smallest absolute Gasteiger partial charge is 0.359 e. The van der Waals surface area contributed by atoms with Crippen molar-refractivity contribution in [2.24, 2.45) is 0 Å². The second-order valence-corrected chi connectivity index (χ2v) is 5.82. The maximum Gasteiger partial charge on any atom is 0.385 e. The molecule has 0 aliphatic rings. The lowest BCUT2D eigenvalue weighted by atomic mass is 9.86. The van der Waals surface area contributed by atoms with Crippen molar-refractivity contribution in [2.45, 2.75) is 59.7 Å². The number of halogens is 20. The quantitative estimate of drug-likeness (QED) is 0.345. The second-order valence-electron chi connectivity index (χ2n) is 5.82. The van der Waals surface area contributed by atoms with Gasteiger partial charge in [-0.25, -0.2) is 8.78 Å². The van der Waals surface area contributed by atoms with Crippen molar-refractivity contribution in [3.05, 3.63) is 0 Å². The molecule has 0 radical (unpaired) electrons. The van der Waals surface area contributed by atoms with E-state index in [9.17, 15) is 87.8 Å². The van der Waals surface area contributed by atoms with Gasteiger partial charge in [-0.05, 0) is 0 Å². The molecule has 0 spiro atoms. The van der Waals surface area contributed by atoms with Crippen LogP contribution in [0.5, 0.6) is 0 Å². The lowest BCUT2D eigenvalue weighted by Crippen LogP contribution is -2.76. The molecule has 0 rings (SSSR count). The van der Waals surface area contributed by atoms with E-state index in [-0.39, 0.29) is 0 Å². The van der Waals surface area contributed by atoms with Gasteiger partial charge >= 0.3 is 53.3 Å². The Bertz CT molecular complexity index is 677. The Labute approximate surface area is 160 Å². The summed E-state index contributed by atoms with van der Waals surface area (Å²) in [5, 5.41) is 7.61. The normalized spacial score (nSPS) is 17.5. The number of hydrogen-bond acceptors (Lipinski definition) is 1. The summed E-state index contributed by atoms with van der Waals surface area (Å²) in [5.41, 5.74) is 0. The Hall–Kier alpha value is -1.44. The maximum atomic E-state index is 13.2. The van der Waals surface area contributed by atoms with Gasteiger partial charge in [0.15, 0.2) is 6.67 Å². The highest BCUT2D eigenvalue weighted by molar-refractivity contribution is 5.17. The summed E-state index contributed by atoms with van der Waals surface area (Å²) in [5.74, 6) is -75.4. The fourth-order valence-corrected chi connectivity index (χ4v) is 1.66. The molecule has 0 amide bonds. The topological polar surface area (TPSA) is 20.2 Å². The Kier molecular flexibility index (Phi) is 7.20. The van der Waals surface area contributed by atoms with Crippen LogP contribution in [0.25, 0.3) is 0 Å². The molecular formula is C11H4F20O. The molecule has 21 heteroatoms. The zero-order valence-corrected chi connectivity index (χ0v) is 13.8. The minimum Gasteiger partial charge on any atom is -0.359 e. The van der Waals surface area contributed by atoms with E-state index in [1.165, 1.54) is 0 Å². The SMILES string of the molecule is OC(F)C(F)(F)C(F)(F)C(F)(F)C(F)(F)C(F)(F)C(F)(F)C(F)(F)C(F)(F)C(F)(F)CF. The fourth-order valence-electron chi connectivity index (χ4n) is 1.66. The van der Waals surface area contributed by atoms with Crippen LogP contribution in [-0.4, -0.2) is 71.4 Å². The molecule has 0 aromatic carbocycles. The molecule has 0 aromatic heterocycles. The molecular weight excluding hydrogens is 528 g/mol. The molecule has 1 nitrogen and oxygen atoms in total. The molecule has 194 valence electrons. The van der Waals surface area contributed by atoms with E-state index in [0.29, 0.717) is 0 Å². The van der Waals surface area contributed by atoms with Crippen LogP contribution >= 0.6 is 0 Å². The molecule has 0 saturated carbocycles. The maximum absolute atomic E-state index is 13.2. The minimum atomic E-state index is -9.02. The van der Waals surface area contributed by atoms with E-state index in [0.717, 1.165) is 0 Å². The van der Waals surface area contributed by atoms with Crippen LogP contribution in [0.15, 0.2) is 0 Å². The Morgan fingerprint density at radius 3 is 0.875 bits per heavy atom. The summed E-state index contributed by atoms with van der Waals surface area (Å²) in [6.07, 6.45) is -5.61. The summed E-state index contributed by atoms with van der Waals surface area (Å²) in [6.45, 7) is -4.07. The minimum absolute atomic E-state index is 4.07. The number of aliphatic hydroxyl groups is 1. The van der Waals surface area contributed by atoms with E-state index in [2.05, 4.69) is 0 Å². The lowest BCUT2D eigenvalue weighted by Gasteiger charge is -2.44. The molecule has 1 atom stereocenters. The van der Waals surface area contributed by atoms with Crippen LogP contribution in [0.3, 0.4) is 0 Å². The molecule has 1 N–H and O–H groups in total. The summed E-state index contributed by atoms with van der Waals surface area (Å²) < 4.78 is 258. The van der Waals surface area contributed by atoms with Gasteiger partial charge < -0.3 is 5.11 Å². The van der Waals surface area contributed by atoms with Crippen molar-refractivity contribution in [3.8, 4) is 0 Å². The molecule has 0 aliphatic carbocycles. The van der Waals surface area contributed by atoms with Gasteiger partial charge in [-0.1, -0.05) is 0 Å². The summed E-state index contributed by atoms with van der Waals surface area (Å²) >= 11 is 0. The predicted molar refractivity (Wildman–Crippen MR) is 57.6 cm³/mol. The van der Waals surface area contributed by atoms with E-state index >= 15 is 0 Å². The average Bonchev–Trinajstić information content (AvgIpc) is 2.59. The van der Waals surface area contributed by atoms with Gasteiger partial charge in [-0.3, -0.25) is 0 Å². The summed E-state index contributed by atoms with van der Waals surface area (Å²) in [4.78, 5) is 0. The van der Waals surface area contributed by atoms with E-state index in [4.69, 9.17) is 5.11 Å². The standard InChI is InChI=1S/C11H4F20O/c12-1-3(14,15)5(18,19)7(22,23)9(26,27)11(30,31)10(28,29)8(24,25)6(20,21)4(16,17)2(13)32/h2,32H,1H2. The molecule has 0 aromatic rings. The van der Waals surface area contributed by atoms with E-state index in [1.54, 1.807) is 0 Å². The summed E-state index contributed by atoms with van der Waals surface area (Å²) in [7, 11) is 0. The second kappa shape index (κ2) is 7.54. The molecule has 1 unspecified atom stereocenters. The van der Waals surface area contributed by atoms with Gasteiger partial charge in [0.1, 0.15) is 0 Å². The lowest BCUT2D eigenvalue weighted by molar-refractivity contribution is -0.466. The van der Waals surface area contributed by atoms with Crippen LogP contribution in [0.2, 0.25) is 0 Å². The highest BCUT2D eigenvalue weighted by Crippen LogP contribution is 2.65. The molecule has 0 fully saturated rings. The third-order valence-electron chi connectivity index (χ3n) is 3.71. The fraction of sp³-hybridized carbons (Fsp3) is 1.00. The third-order valence-corrected chi connectivity index (χ3v) is 3.71. The first kappa shape index (κ1) is 30.6. The van der Waals surface area contributed by atoms with Crippen LogP contribution in [0, 0.1) is 0 Å². The van der Waals surface area contributed by atoms with Crippen molar-refractivity contribution >= 4 is 0 Å². The summed E-state index contributed by atoms with van der Waals surface area (Å²) in [6, 6.07) is 0. The number of aliphatic hydroxyl groups excluding tert-OH is 1. The monoisotopic (exact) mass is 532 g/mol. The molecule has 32 heavy (non-hydrogen) atoms. The van der Waals surface area contributed by atoms with Crippen LogP contribution in [0.4, 0.5) is 87.8 Å². The van der Waals surface area contributed by atoms with Crippen molar-refractivity contribution < 1.29 is 92.9 Å². The average molecular weight is 532 g/mol. The highest BCUT2D eigenvalue weighted by atomic mass is 19.4. The first-order valence-corrected chi connectivity index (χ1v) is 6.79. The largest absolute Gasteiger partial charge is 0.385 e. The number of hydrogen-bond donors (Lipinski definition) is 1. The van der Waals surface area contributed by atoms with Crippen molar-refractivity contribution in [2.75, 3.05) is 6.67 Å². The number of rotatable bonds is 10. The molecule has 0 saturated heterocycles. The van der Waals surface area contributed by atoms with Crippen molar-refractivity contribution in [1.82, 2.24) is 0 Å². The Balaban J connectivity index is 6.95. The van der Waals surface area contributed by atoms with Gasteiger partial charge in [-0.15, -0.1) is 0 Å². The Morgan fingerprint density at radius 2 is 0.656 bits per heavy atom. The first-order chi connectivity index (χ1) is 13.5. The van der Waals surface area contributed by atoms with Gasteiger partial charge in [-0.2, -0.15) is 79.0 Å². The Morgan fingerprint density at radius 1 is 0.438 bits per heavy atom. The number of alkyl halides is 20. The van der Waals surface area contributed by atoms with E-state index < -0.39 is 66.3 Å². The predicted octanol–water partition coefficient (Wildman–Crippen LogP) is 5.96. The van der Waals surface area contributed by atoms with Gasteiger partial charge in [0.05, 0.1) is 0 Å². The third kappa shape index (κ3) is 3.43. The van der Waals surface area contributed by atoms with Crippen LogP contribution in [0.1, 0.15) is 0 Å².